The molecule has 2 N–H and O–H groups in total. The number of aliphatic carboxylic acids is 1. The number of carbonyl (C=O) groups excluding carboxylic acids is 3. The van der Waals surface area contributed by atoms with Gasteiger partial charge < -0.3 is 19.9 Å². The fourth-order valence-electron chi connectivity index (χ4n) is 2.74. The van der Waals surface area contributed by atoms with Crippen LogP contribution in [0.15, 0.2) is 47.4 Å². The number of halogens is 1. The first kappa shape index (κ1) is 22.8. The lowest BCUT2D eigenvalue weighted by Gasteiger charge is -2.14. The average Bonchev–Trinajstić information content (AvgIpc) is 3.01. The number of carboxylic acid groups (broad SMARTS) is 1. The van der Waals surface area contributed by atoms with Crippen molar-refractivity contribution in [2.75, 3.05) is 25.6 Å². The van der Waals surface area contributed by atoms with Crippen molar-refractivity contribution >= 4 is 46.5 Å². The monoisotopic (exact) mass is 460 g/mol. The third-order valence-electron chi connectivity index (χ3n) is 4.16. The maximum atomic E-state index is 13.0. The van der Waals surface area contributed by atoms with Crippen LogP contribution < -0.4 is 14.8 Å². The van der Waals surface area contributed by atoms with E-state index in [4.69, 9.17) is 14.6 Å². The molecular weight excluding hydrogens is 443 g/mol. The van der Waals surface area contributed by atoms with Crippen molar-refractivity contribution in [3.63, 3.8) is 0 Å². The van der Waals surface area contributed by atoms with Gasteiger partial charge in [-0.2, -0.15) is 0 Å². The van der Waals surface area contributed by atoms with Gasteiger partial charge in [0, 0.05) is 11.3 Å². The standard InChI is InChI=1S/C21H17FN2O7S/c1-30-15-4-2-3-12(9-16-20(28)24(10-18(26)27)21(29)32-16)19(15)31-11-17(25)23-14-7-5-13(22)6-8-14/h2-9H,10-11H2,1H3,(H,23,25)(H,26,27)/b16-9+. The second-order valence-corrected chi connectivity index (χ2v) is 7.38. The van der Waals surface area contributed by atoms with Crippen molar-refractivity contribution in [3.8, 4) is 11.5 Å². The Labute approximate surface area is 185 Å². The third-order valence-corrected chi connectivity index (χ3v) is 5.07. The molecule has 1 heterocycles. The number of thioether (sulfide) groups is 1. The van der Waals surface area contributed by atoms with Gasteiger partial charge in [-0.1, -0.05) is 12.1 Å². The van der Waals surface area contributed by atoms with E-state index < -0.39 is 42.0 Å². The zero-order chi connectivity index (χ0) is 23.3. The van der Waals surface area contributed by atoms with E-state index in [0.29, 0.717) is 27.9 Å². The first-order chi connectivity index (χ1) is 15.3. The molecule has 2 aromatic carbocycles. The van der Waals surface area contributed by atoms with Crippen LogP contribution in [0, 0.1) is 5.82 Å². The van der Waals surface area contributed by atoms with Crippen LogP contribution in [0.3, 0.4) is 0 Å². The van der Waals surface area contributed by atoms with Crippen LogP contribution in [0.25, 0.3) is 6.08 Å². The summed E-state index contributed by atoms with van der Waals surface area (Å²) in [6.45, 7) is -1.16. The number of carboxylic acids is 1. The van der Waals surface area contributed by atoms with Gasteiger partial charge in [-0.05, 0) is 48.2 Å². The molecule has 0 bridgehead atoms. The van der Waals surface area contributed by atoms with Gasteiger partial charge in [-0.15, -0.1) is 0 Å². The number of imide groups is 1. The molecule has 0 atom stereocenters. The summed E-state index contributed by atoms with van der Waals surface area (Å²) >= 11 is 0.597. The van der Waals surface area contributed by atoms with Crippen LogP contribution in [-0.2, 0) is 14.4 Å². The first-order valence-corrected chi connectivity index (χ1v) is 9.92. The van der Waals surface area contributed by atoms with Gasteiger partial charge in [-0.3, -0.25) is 24.1 Å². The highest BCUT2D eigenvalue weighted by molar-refractivity contribution is 8.18. The molecule has 0 aliphatic carbocycles. The number of nitrogens with zero attached hydrogens (tertiary/aromatic N) is 1. The Balaban J connectivity index is 1.78. The minimum absolute atomic E-state index is 0.00474. The largest absolute Gasteiger partial charge is 0.493 e. The van der Waals surface area contributed by atoms with E-state index >= 15 is 0 Å². The summed E-state index contributed by atoms with van der Waals surface area (Å²) in [4.78, 5) is 48.1. The zero-order valence-electron chi connectivity index (χ0n) is 16.7. The maximum absolute atomic E-state index is 13.0. The Hall–Kier alpha value is -3.86. The first-order valence-electron chi connectivity index (χ1n) is 9.11. The summed E-state index contributed by atoms with van der Waals surface area (Å²) in [5, 5.41) is 10.7. The van der Waals surface area contributed by atoms with Gasteiger partial charge in [0.1, 0.15) is 12.4 Å². The quantitative estimate of drug-likeness (QED) is 0.577. The fraction of sp³-hybridized carbons (Fsp3) is 0.143. The van der Waals surface area contributed by atoms with Crippen molar-refractivity contribution in [2.45, 2.75) is 0 Å². The number of amides is 3. The van der Waals surface area contributed by atoms with Gasteiger partial charge in [0.25, 0.3) is 17.1 Å². The second kappa shape index (κ2) is 9.96. The highest BCUT2D eigenvalue weighted by Crippen LogP contribution is 2.37. The van der Waals surface area contributed by atoms with E-state index in [-0.39, 0.29) is 16.4 Å². The van der Waals surface area contributed by atoms with Crippen molar-refractivity contribution in [1.82, 2.24) is 4.90 Å². The van der Waals surface area contributed by atoms with E-state index in [1.165, 1.54) is 37.5 Å². The lowest BCUT2D eigenvalue weighted by Crippen LogP contribution is -2.33. The average molecular weight is 460 g/mol. The van der Waals surface area contributed by atoms with Crippen LogP contribution in [0.4, 0.5) is 14.9 Å². The minimum atomic E-state index is -1.31. The maximum Gasteiger partial charge on any atom is 0.323 e. The highest BCUT2D eigenvalue weighted by Gasteiger charge is 2.36. The van der Waals surface area contributed by atoms with E-state index in [9.17, 15) is 23.6 Å². The number of anilines is 1. The number of ether oxygens (including phenoxy) is 2. The minimum Gasteiger partial charge on any atom is -0.493 e. The number of nitrogens with one attached hydrogen (secondary N) is 1. The number of rotatable bonds is 8. The molecule has 0 unspecified atom stereocenters. The SMILES string of the molecule is COc1cccc(/C=C2/SC(=O)N(CC(=O)O)C2=O)c1OCC(=O)Nc1ccc(F)cc1. The second-order valence-electron chi connectivity index (χ2n) is 6.38. The molecular formula is C21H17FN2O7S. The molecule has 0 spiro atoms. The number of methoxy groups -OCH3 is 1. The Morgan fingerprint density at radius 2 is 1.91 bits per heavy atom. The number of hydrogen-bond acceptors (Lipinski definition) is 7. The molecule has 2 aromatic rings. The lowest BCUT2D eigenvalue weighted by molar-refractivity contribution is -0.140. The predicted octanol–water partition coefficient (Wildman–Crippen LogP) is 2.97. The van der Waals surface area contributed by atoms with Crippen LogP contribution in [0.1, 0.15) is 5.56 Å². The van der Waals surface area contributed by atoms with Crippen LogP contribution in [0.2, 0.25) is 0 Å². The van der Waals surface area contributed by atoms with Gasteiger partial charge in [0.05, 0.1) is 12.0 Å². The molecule has 3 rings (SSSR count). The Morgan fingerprint density at radius 3 is 2.56 bits per heavy atom. The van der Waals surface area contributed by atoms with E-state index in [1.54, 1.807) is 18.2 Å². The molecule has 1 fully saturated rings. The molecule has 1 saturated heterocycles. The topological polar surface area (TPSA) is 122 Å². The molecule has 166 valence electrons. The molecule has 0 saturated carbocycles. The third kappa shape index (κ3) is 5.43. The van der Waals surface area contributed by atoms with Gasteiger partial charge >= 0.3 is 5.97 Å². The molecule has 0 aromatic heterocycles. The number of benzene rings is 2. The Kier molecular flexibility index (Phi) is 7.11. The summed E-state index contributed by atoms with van der Waals surface area (Å²) in [5.74, 6) is -2.59. The normalized spacial score (nSPS) is 14.6. The van der Waals surface area contributed by atoms with Crippen molar-refractivity contribution < 1.29 is 38.1 Å². The molecule has 0 radical (unpaired) electrons. The van der Waals surface area contributed by atoms with Gasteiger partial charge in [-0.25, -0.2) is 4.39 Å². The summed E-state index contributed by atoms with van der Waals surface area (Å²) in [7, 11) is 1.39. The van der Waals surface area contributed by atoms with Gasteiger partial charge in [0.2, 0.25) is 0 Å². The fourth-order valence-corrected chi connectivity index (χ4v) is 3.57. The molecule has 11 heteroatoms. The highest BCUT2D eigenvalue weighted by atomic mass is 32.2. The van der Waals surface area contributed by atoms with Crippen molar-refractivity contribution in [3.05, 3.63) is 58.8 Å². The van der Waals surface area contributed by atoms with E-state index in [2.05, 4.69) is 5.32 Å². The Morgan fingerprint density at radius 1 is 1.19 bits per heavy atom. The van der Waals surface area contributed by atoms with Gasteiger partial charge in [0.15, 0.2) is 18.1 Å². The van der Waals surface area contributed by atoms with Crippen LogP contribution in [-0.4, -0.2) is 53.3 Å². The summed E-state index contributed by atoms with van der Waals surface area (Å²) < 4.78 is 23.9. The Bertz CT molecular complexity index is 1100. The molecule has 1 aliphatic heterocycles. The lowest BCUT2D eigenvalue weighted by atomic mass is 10.1. The number of para-hydroxylation sites is 1. The number of hydrogen-bond donors (Lipinski definition) is 2. The molecule has 1 aliphatic rings. The predicted molar refractivity (Wildman–Crippen MR) is 114 cm³/mol. The molecule has 9 nitrogen and oxygen atoms in total. The summed E-state index contributed by atoms with van der Waals surface area (Å²) in [6, 6.07) is 9.99. The number of carbonyl (C=O) groups is 4. The van der Waals surface area contributed by atoms with E-state index in [0.717, 1.165) is 0 Å². The molecule has 3 amide bonds. The summed E-state index contributed by atoms with van der Waals surface area (Å²) in [5.41, 5.74) is 0.729. The van der Waals surface area contributed by atoms with Crippen molar-refractivity contribution in [1.29, 1.82) is 0 Å². The smallest absolute Gasteiger partial charge is 0.323 e. The zero-order valence-corrected chi connectivity index (χ0v) is 17.5. The van der Waals surface area contributed by atoms with Crippen molar-refractivity contribution in [2.24, 2.45) is 0 Å². The van der Waals surface area contributed by atoms with Crippen LogP contribution >= 0.6 is 11.8 Å². The van der Waals surface area contributed by atoms with E-state index in [1.807, 2.05) is 0 Å². The van der Waals surface area contributed by atoms with Crippen LogP contribution in [0.5, 0.6) is 11.5 Å². The molecule has 32 heavy (non-hydrogen) atoms. The summed E-state index contributed by atoms with van der Waals surface area (Å²) in [6.07, 6.45) is 1.36.